The number of rotatable bonds is 6. The zero-order valence-electron chi connectivity index (χ0n) is 31.9. The topological polar surface area (TPSA) is 3.24 Å². The molecule has 0 saturated heterocycles. The molecule has 1 aromatic heterocycles. The Balaban J connectivity index is 1.15. The van der Waals surface area contributed by atoms with E-state index in [1.807, 2.05) is 11.3 Å². The number of fused-ring (bicyclic) bond motifs is 8. The number of anilines is 3. The number of hydrogen-bond donors (Lipinski definition) is 0. The molecule has 0 amide bonds. The van der Waals surface area contributed by atoms with Crippen molar-refractivity contribution in [3.05, 3.63) is 211 Å². The summed E-state index contributed by atoms with van der Waals surface area (Å²) in [7, 11) is 0. The lowest BCUT2D eigenvalue weighted by Crippen LogP contribution is -2.16. The maximum Gasteiger partial charge on any atom is 0.0543 e. The molecule has 270 valence electrons. The third-order valence-electron chi connectivity index (χ3n) is 12.0. The van der Waals surface area contributed by atoms with Crippen LogP contribution in [-0.2, 0) is 5.41 Å². The van der Waals surface area contributed by atoms with Crippen molar-refractivity contribution in [3.63, 3.8) is 0 Å². The first-order chi connectivity index (χ1) is 28.0. The molecule has 11 rings (SSSR count). The van der Waals surface area contributed by atoms with Crippen molar-refractivity contribution in [3.8, 4) is 44.5 Å². The fourth-order valence-electron chi connectivity index (χ4n) is 9.31. The molecule has 1 nitrogen and oxygen atoms in total. The molecule has 0 atom stereocenters. The maximum atomic E-state index is 2.49. The van der Waals surface area contributed by atoms with Gasteiger partial charge in [0.2, 0.25) is 0 Å². The average molecular weight is 746 g/mol. The van der Waals surface area contributed by atoms with Crippen LogP contribution in [0.1, 0.15) is 25.0 Å². The van der Waals surface area contributed by atoms with Crippen molar-refractivity contribution in [2.75, 3.05) is 4.90 Å². The monoisotopic (exact) mass is 745 g/mol. The first-order valence-electron chi connectivity index (χ1n) is 19.8. The standard InChI is InChI=1S/C55H39NS/c1-55(2)47-23-11-9-20-45(47)53-48(55)24-14-25-49(53)56(43-34-40(36-15-5-3-6-16-36)33-41(35-43)37-17-7-4-8-18-37)42-30-27-38(28-31-42)44-22-13-19-39-29-32-51-54(52(39)44)46-21-10-12-26-50(46)57-51/h3-35H,1-2H3. The Kier molecular flexibility index (Phi) is 7.77. The van der Waals surface area contributed by atoms with Gasteiger partial charge in [-0.15, -0.1) is 11.3 Å². The largest absolute Gasteiger partial charge is 0.310 e. The second-order valence-corrected chi connectivity index (χ2v) is 16.8. The molecule has 0 N–H and O–H groups in total. The van der Waals surface area contributed by atoms with E-state index in [1.54, 1.807) is 0 Å². The van der Waals surface area contributed by atoms with Crippen LogP contribution < -0.4 is 4.90 Å². The Morgan fingerprint density at radius 1 is 0.404 bits per heavy atom. The minimum absolute atomic E-state index is 0.121. The van der Waals surface area contributed by atoms with Gasteiger partial charge in [0.05, 0.1) is 5.69 Å². The third-order valence-corrected chi connectivity index (χ3v) is 13.2. The Morgan fingerprint density at radius 2 is 1.04 bits per heavy atom. The van der Waals surface area contributed by atoms with Crippen LogP contribution >= 0.6 is 11.3 Å². The van der Waals surface area contributed by atoms with E-state index < -0.39 is 0 Å². The highest BCUT2D eigenvalue weighted by Gasteiger charge is 2.37. The van der Waals surface area contributed by atoms with Crippen molar-refractivity contribution in [1.82, 2.24) is 0 Å². The summed E-state index contributed by atoms with van der Waals surface area (Å²) in [4.78, 5) is 2.49. The minimum Gasteiger partial charge on any atom is -0.310 e. The van der Waals surface area contributed by atoms with Crippen molar-refractivity contribution in [2.45, 2.75) is 19.3 Å². The predicted molar refractivity (Wildman–Crippen MR) is 245 cm³/mol. The summed E-state index contributed by atoms with van der Waals surface area (Å²) in [6.45, 7) is 4.73. The van der Waals surface area contributed by atoms with Gasteiger partial charge in [0.1, 0.15) is 0 Å². The fourth-order valence-corrected chi connectivity index (χ4v) is 10.4. The minimum atomic E-state index is -0.121. The van der Waals surface area contributed by atoms with Crippen LogP contribution in [0.15, 0.2) is 200 Å². The quantitative estimate of drug-likeness (QED) is 0.164. The molecule has 10 aromatic rings. The Hall–Kier alpha value is -6.74. The highest BCUT2D eigenvalue weighted by molar-refractivity contribution is 7.26. The highest BCUT2D eigenvalue weighted by Crippen LogP contribution is 2.54. The first-order valence-corrected chi connectivity index (χ1v) is 20.6. The van der Waals surface area contributed by atoms with Crippen LogP contribution in [0.4, 0.5) is 17.1 Å². The van der Waals surface area contributed by atoms with Crippen LogP contribution in [0, 0.1) is 0 Å². The normalized spacial score (nSPS) is 12.9. The fraction of sp³-hybridized carbons (Fsp3) is 0.0545. The van der Waals surface area contributed by atoms with E-state index in [0.29, 0.717) is 0 Å². The Bertz CT molecular complexity index is 3080. The first kappa shape index (κ1) is 33.6. The molecule has 0 spiro atoms. The molecular weight excluding hydrogens is 707 g/mol. The van der Waals surface area contributed by atoms with Gasteiger partial charge in [-0.05, 0) is 109 Å². The second kappa shape index (κ2) is 13.2. The van der Waals surface area contributed by atoms with E-state index in [2.05, 4.69) is 219 Å². The number of hydrogen-bond acceptors (Lipinski definition) is 2. The van der Waals surface area contributed by atoms with Crippen LogP contribution in [0.3, 0.4) is 0 Å². The van der Waals surface area contributed by atoms with Gasteiger partial charge in [-0.2, -0.15) is 0 Å². The molecular formula is C55H39NS. The van der Waals surface area contributed by atoms with Gasteiger partial charge in [0.15, 0.2) is 0 Å². The lowest BCUT2D eigenvalue weighted by Gasteiger charge is -2.30. The van der Waals surface area contributed by atoms with Gasteiger partial charge in [-0.1, -0.05) is 166 Å². The van der Waals surface area contributed by atoms with E-state index in [1.165, 1.54) is 92.3 Å². The van der Waals surface area contributed by atoms with Gasteiger partial charge in [0.25, 0.3) is 0 Å². The predicted octanol–water partition coefficient (Wildman–Crippen LogP) is 16.0. The van der Waals surface area contributed by atoms with Crippen LogP contribution in [0.5, 0.6) is 0 Å². The second-order valence-electron chi connectivity index (χ2n) is 15.7. The molecule has 0 unspecified atom stereocenters. The lowest BCUT2D eigenvalue weighted by atomic mass is 9.82. The third kappa shape index (κ3) is 5.44. The van der Waals surface area contributed by atoms with Crippen LogP contribution in [-0.4, -0.2) is 0 Å². The molecule has 9 aromatic carbocycles. The van der Waals surface area contributed by atoms with Crippen molar-refractivity contribution < 1.29 is 0 Å². The molecule has 57 heavy (non-hydrogen) atoms. The van der Waals surface area contributed by atoms with E-state index >= 15 is 0 Å². The van der Waals surface area contributed by atoms with E-state index in [-0.39, 0.29) is 5.41 Å². The number of thiophene rings is 1. The molecule has 1 heterocycles. The lowest BCUT2D eigenvalue weighted by molar-refractivity contribution is 0.660. The summed E-state index contributed by atoms with van der Waals surface area (Å²) < 4.78 is 2.65. The summed E-state index contributed by atoms with van der Waals surface area (Å²) in [5.41, 5.74) is 15.8. The molecule has 0 bridgehead atoms. The summed E-state index contributed by atoms with van der Waals surface area (Å²) in [6.07, 6.45) is 0. The zero-order chi connectivity index (χ0) is 38.1. The van der Waals surface area contributed by atoms with E-state index in [9.17, 15) is 0 Å². The van der Waals surface area contributed by atoms with Crippen LogP contribution in [0.2, 0.25) is 0 Å². The smallest absolute Gasteiger partial charge is 0.0543 e. The van der Waals surface area contributed by atoms with Crippen molar-refractivity contribution in [2.24, 2.45) is 0 Å². The average Bonchev–Trinajstić information content (AvgIpc) is 3.77. The summed E-state index contributed by atoms with van der Waals surface area (Å²) >= 11 is 1.88. The maximum absolute atomic E-state index is 2.49. The van der Waals surface area contributed by atoms with E-state index in [0.717, 1.165) is 11.4 Å². The summed E-state index contributed by atoms with van der Waals surface area (Å²) in [6, 6.07) is 73.9. The molecule has 1 aliphatic carbocycles. The number of nitrogens with zero attached hydrogens (tertiary/aromatic N) is 1. The van der Waals surface area contributed by atoms with Crippen molar-refractivity contribution >= 4 is 59.3 Å². The Labute approximate surface area is 337 Å². The van der Waals surface area contributed by atoms with Crippen LogP contribution in [0.25, 0.3) is 75.5 Å². The van der Waals surface area contributed by atoms with Gasteiger partial charge in [-0.3, -0.25) is 0 Å². The van der Waals surface area contributed by atoms with Gasteiger partial charge < -0.3 is 4.90 Å². The molecule has 0 fully saturated rings. The zero-order valence-corrected chi connectivity index (χ0v) is 32.7. The highest BCUT2D eigenvalue weighted by atomic mass is 32.1. The van der Waals surface area contributed by atoms with Gasteiger partial charge in [-0.25, -0.2) is 0 Å². The molecule has 1 aliphatic rings. The molecule has 0 aliphatic heterocycles. The molecule has 0 saturated carbocycles. The molecule has 0 radical (unpaired) electrons. The van der Waals surface area contributed by atoms with Crippen molar-refractivity contribution in [1.29, 1.82) is 0 Å². The summed E-state index contributed by atoms with van der Waals surface area (Å²) in [5.74, 6) is 0. The Morgan fingerprint density at radius 3 is 1.79 bits per heavy atom. The molecule has 2 heteroatoms. The van der Waals surface area contributed by atoms with Gasteiger partial charge in [0, 0.05) is 42.5 Å². The number of benzene rings is 9. The summed E-state index contributed by atoms with van der Waals surface area (Å²) in [5, 5.41) is 5.26. The SMILES string of the molecule is CC1(C)c2ccccc2-c2c(N(c3ccc(-c4cccc5ccc6sc7ccccc7c6c45)cc3)c3cc(-c4ccccc4)cc(-c4ccccc4)c3)cccc21. The van der Waals surface area contributed by atoms with E-state index in [4.69, 9.17) is 0 Å². The van der Waals surface area contributed by atoms with Gasteiger partial charge >= 0.3 is 0 Å².